The predicted octanol–water partition coefficient (Wildman–Crippen LogP) is 2.14. The van der Waals surface area contributed by atoms with E-state index >= 15 is 0 Å². The van der Waals surface area contributed by atoms with Crippen molar-refractivity contribution in [2.75, 3.05) is 20.1 Å². The maximum atomic E-state index is 10.8. The number of benzene rings is 1. The molecule has 0 saturated carbocycles. The molecule has 2 heteroatoms. The van der Waals surface area contributed by atoms with Gasteiger partial charge in [-0.25, -0.2) is 0 Å². The van der Waals surface area contributed by atoms with Gasteiger partial charge in [-0.05, 0) is 26.0 Å². The van der Waals surface area contributed by atoms with Crippen LogP contribution in [0.2, 0.25) is 0 Å². The van der Waals surface area contributed by atoms with Crippen LogP contribution < -0.4 is 0 Å². The summed E-state index contributed by atoms with van der Waals surface area (Å²) in [7, 11) is 2.06. The zero-order chi connectivity index (χ0) is 11.1. The molecular formula is C13H19NO. The molecule has 0 unspecified atom stereocenters. The molecule has 0 aliphatic rings. The lowest BCUT2D eigenvalue weighted by molar-refractivity contribution is -0.117. The molecule has 0 amide bonds. The van der Waals surface area contributed by atoms with E-state index in [1.165, 1.54) is 5.56 Å². The van der Waals surface area contributed by atoms with Crippen LogP contribution in [0.15, 0.2) is 30.3 Å². The highest BCUT2D eigenvalue weighted by Crippen LogP contribution is 2.00. The first-order chi connectivity index (χ1) is 7.18. The second-order valence-corrected chi connectivity index (χ2v) is 3.99. The third-order valence-electron chi connectivity index (χ3n) is 2.47. The number of likely N-dealkylation sites (N-methyl/N-ethyl adjacent to an activating group) is 1. The van der Waals surface area contributed by atoms with Crippen LogP contribution in [0.5, 0.6) is 0 Å². The fraction of sp³-hybridized carbons (Fsp3) is 0.462. The summed E-state index contributed by atoms with van der Waals surface area (Å²) in [6, 6.07) is 10.4. The van der Waals surface area contributed by atoms with Gasteiger partial charge in [-0.2, -0.15) is 0 Å². The molecule has 0 saturated heterocycles. The van der Waals surface area contributed by atoms with Gasteiger partial charge in [0.1, 0.15) is 5.78 Å². The van der Waals surface area contributed by atoms with Crippen molar-refractivity contribution in [2.45, 2.75) is 19.8 Å². The number of Topliss-reactive ketones (excluding diaryl/α,β-unsaturated/α-hetero) is 1. The average molecular weight is 205 g/mol. The maximum Gasteiger partial charge on any atom is 0.131 e. The first-order valence-corrected chi connectivity index (χ1v) is 5.40. The molecule has 0 bridgehead atoms. The van der Waals surface area contributed by atoms with Gasteiger partial charge in [-0.1, -0.05) is 30.3 Å². The third-order valence-corrected chi connectivity index (χ3v) is 2.47. The Bertz CT molecular complexity index is 295. The van der Waals surface area contributed by atoms with Crippen LogP contribution in [0, 0.1) is 0 Å². The summed E-state index contributed by atoms with van der Waals surface area (Å²) in [6.07, 6.45) is 1.71. The molecule has 2 nitrogen and oxygen atoms in total. The Balaban J connectivity index is 2.22. The maximum absolute atomic E-state index is 10.8. The zero-order valence-corrected chi connectivity index (χ0v) is 9.57. The first kappa shape index (κ1) is 11.9. The summed E-state index contributed by atoms with van der Waals surface area (Å²) in [6.45, 7) is 3.52. The SMILES string of the molecule is CC(=O)CCN(C)CCc1ccccc1. The molecule has 82 valence electrons. The fourth-order valence-electron chi connectivity index (χ4n) is 1.42. The zero-order valence-electron chi connectivity index (χ0n) is 9.57. The Morgan fingerprint density at radius 2 is 1.87 bits per heavy atom. The van der Waals surface area contributed by atoms with Gasteiger partial charge in [0.25, 0.3) is 0 Å². The molecule has 0 radical (unpaired) electrons. The number of nitrogens with zero attached hydrogens (tertiary/aromatic N) is 1. The van der Waals surface area contributed by atoms with E-state index in [2.05, 4.69) is 36.2 Å². The summed E-state index contributed by atoms with van der Waals surface area (Å²) in [5, 5.41) is 0. The van der Waals surface area contributed by atoms with Crippen molar-refractivity contribution < 1.29 is 4.79 Å². The molecule has 0 fully saturated rings. The Kier molecular flexibility index (Phi) is 5.05. The number of carbonyl (C=O) groups is 1. The molecule has 1 aromatic carbocycles. The van der Waals surface area contributed by atoms with E-state index in [9.17, 15) is 4.79 Å². The van der Waals surface area contributed by atoms with Gasteiger partial charge in [0, 0.05) is 19.5 Å². The average Bonchev–Trinajstić information content (AvgIpc) is 2.25. The minimum absolute atomic E-state index is 0.265. The van der Waals surface area contributed by atoms with Crippen molar-refractivity contribution in [1.29, 1.82) is 0 Å². The molecule has 0 aliphatic heterocycles. The minimum Gasteiger partial charge on any atom is -0.306 e. The van der Waals surface area contributed by atoms with E-state index in [4.69, 9.17) is 0 Å². The van der Waals surface area contributed by atoms with Gasteiger partial charge in [-0.3, -0.25) is 4.79 Å². The van der Waals surface area contributed by atoms with Crippen LogP contribution >= 0.6 is 0 Å². The van der Waals surface area contributed by atoms with E-state index < -0.39 is 0 Å². The van der Waals surface area contributed by atoms with Gasteiger partial charge >= 0.3 is 0 Å². The van der Waals surface area contributed by atoms with Crippen molar-refractivity contribution in [1.82, 2.24) is 4.90 Å². The quantitative estimate of drug-likeness (QED) is 0.709. The van der Waals surface area contributed by atoms with E-state index in [-0.39, 0.29) is 5.78 Å². The molecule has 1 rings (SSSR count). The summed E-state index contributed by atoms with van der Waals surface area (Å²) in [4.78, 5) is 13.0. The second kappa shape index (κ2) is 6.36. The third kappa shape index (κ3) is 5.33. The summed E-state index contributed by atoms with van der Waals surface area (Å²) in [5.41, 5.74) is 1.35. The van der Waals surface area contributed by atoms with Crippen molar-refractivity contribution in [3.63, 3.8) is 0 Å². The van der Waals surface area contributed by atoms with Crippen LogP contribution in [0.3, 0.4) is 0 Å². The number of carbonyl (C=O) groups excluding carboxylic acids is 1. The largest absolute Gasteiger partial charge is 0.306 e. The summed E-state index contributed by atoms with van der Waals surface area (Å²) < 4.78 is 0. The van der Waals surface area contributed by atoms with E-state index in [0.29, 0.717) is 6.42 Å². The molecular weight excluding hydrogens is 186 g/mol. The number of hydrogen-bond acceptors (Lipinski definition) is 2. The highest BCUT2D eigenvalue weighted by Gasteiger charge is 2.00. The topological polar surface area (TPSA) is 20.3 Å². The fourth-order valence-corrected chi connectivity index (χ4v) is 1.42. The number of ketones is 1. The van der Waals surface area contributed by atoms with Crippen LogP contribution in [0.25, 0.3) is 0 Å². The van der Waals surface area contributed by atoms with E-state index in [0.717, 1.165) is 19.5 Å². The van der Waals surface area contributed by atoms with Crippen molar-refractivity contribution >= 4 is 5.78 Å². The normalized spacial score (nSPS) is 10.6. The summed E-state index contributed by atoms with van der Waals surface area (Å²) >= 11 is 0. The lowest BCUT2D eigenvalue weighted by Gasteiger charge is -2.15. The van der Waals surface area contributed by atoms with Crippen LogP contribution in [-0.4, -0.2) is 30.8 Å². The molecule has 15 heavy (non-hydrogen) atoms. The molecule has 0 heterocycles. The molecule has 0 atom stereocenters. The smallest absolute Gasteiger partial charge is 0.131 e. The van der Waals surface area contributed by atoms with Crippen molar-refractivity contribution in [3.05, 3.63) is 35.9 Å². The monoisotopic (exact) mass is 205 g/mol. The first-order valence-electron chi connectivity index (χ1n) is 5.40. The number of rotatable bonds is 6. The van der Waals surface area contributed by atoms with Crippen LogP contribution in [0.4, 0.5) is 0 Å². The molecule has 0 aliphatic carbocycles. The highest BCUT2D eigenvalue weighted by atomic mass is 16.1. The molecule has 0 N–H and O–H groups in total. The molecule has 0 aromatic heterocycles. The van der Waals surface area contributed by atoms with Gasteiger partial charge in [0.2, 0.25) is 0 Å². The lowest BCUT2D eigenvalue weighted by atomic mass is 10.1. The van der Waals surface area contributed by atoms with Crippen LogP contribution in [0.1, 0.15) is 18.9 Å². The minimum atomic E-state index is 0.265. The van der Waals surface area contributed by atoms with E-state index in [1.54, 1.807) is 6.92 Å². The molecule has 1 aromatic rings. The number of hydrogen-bond donors (Lipinski definition) is 0. The van der Waals surface area contributed by atoms with E-state index in [1.807, 2.05) is 6.07 Å². The van der Waals surface area contributed by atoms with Gasteiger partial charge in [-0.15, -0.1) is 0 Å². The van der Waals surface area contributed by atoms with Crippen molar-refractivity contribution in [3.8, 4) is 0 Å². The summed E-state index contributed by atoms with van der Waals surface area (Å²) in [5.74, 6) is 0.265. The standard InChI is InChI=1S/C13H19NO/c1-12(15)8-10-14(2)11-9-13-6-4-3-5-7-13/h3-7H,8-11H2,1-2H3. The lowest BCUT2D eigenvalue weighted by Crippen LogP contribution is -2.23. The van der Waals surface area contributed by atoms with Gasteiger partial charge < -0.3 is 4.90 Å². The second-order valence-electron chi connectivity index (χ2n) is 3.99. The Morgan fingerprint density at radius 1 is 1.20 bits per heavy atom. The molecule has 0 spiro atoms. The Hall–Kier alpha value is -1.15. The van der Waals surface area contributed by atoms with Gasteiger partial charge in [0.05, 0.1) is 0 Å². The predicted molar refractivity (Wildman–Crippen MR) is 62.9 cm³/mol. The van der Waals surface area contributed by atoms with Crippen molar-refractivity contribution in [2.24, 2.45) is 0 Å². The van der Waals surface area contributed by atoms with Gasteiger partial charge in [0.15, 0.2) is 0 Å². The van der Waals surface area contributed by atoms with Crippen LogP contribution in [-0.2, 0) is 11.2 Å². The Morgan fingerprint density at radius 3 is 2.47 bits per heavy atom. The Labute approximate surface area is 91.9 Å². The highest BCUT2D eigenvalue weighted by molar-refractivity contribution is 5.75.